The van der Waals surface area contributed by atoms with Crippen LogP contribution in [0.1, 0.15) is 6.92 Å². The molecule has 0 spiro atoms. The highest BCUT2D eigenvalue weighted by Crippen LogP contribution is 2.29. The summed E-state index contributed by atoms with van der Waals surface area (Å²) in [5, 5.41) is 3.95. The van der Waals surface area contributed by atoms with Crippen LogP contribution in [0.25, 0.3) is 0 Å². The van der Waals surface area contributed by atoms with Gasteiger partial charge < -0.3 is 4.90 Å². The van der Waals surface area contributed by atoms with Gasteiger partial charge in [-0.05, 0) is 37.3 Å². The van der Waals surface area contributed by atoms with E-state index in [4.69, 9.17) is 11.6 Å². The minimum atomic E-state index is -0.394. The van der Waals surface area contributed by atoms with Crippen molar-refractivity contribution in [1.82, 2.24) is 9.91 Å². The largest absolute Gasteiger partial charge is 0.369 e. The highest BCUT2D eigenvalue weighted by atomic mass is 35.5. The Bertz CT molecular complexity index is 872. The number of carbonyl (C=O) groups excluding carboxylic acids is 1. The molecule has 154 valence electrons. The highest BCUT2D eigenvalue weighted by molar-refractivity contribution is 6.31. The Labute approximate surface area is 176 Å². The molecule has 2 saturated heterocycles. The van der Waals surface area contributed by atoms with E-state index in [0.29, 0.717) is 6.54 Å². The maximum atomic E-state index is 13.4. The number of carbonyl (C=O) groups is 1. The van der Waals surface area contributed by atoms with Crippen molar-refractivity contribution in [2.24, 2.45) is 5.92 Å². The second kappa shape index (κ2) is 8.30. The van der Waals surface area contributed by atoms with Gasteiger partial charge in [-0.1, -0.05) is 29.8 Å². The van der Waals surface area contributed by atoms with Gasteiger partial charge in [-0.2, -0.15) is 0 Å². The number of anilines is 2. The number of para-hydroxylation sites is 1. The van der Waals surface area contributed by atoms with Gasteiger partial charge in [0.1, 0.15) is 5.82 Å². The predicted octanol–water partition coefficient (Wildman–Crippen LogP) is 3.50. The molecule has 2 unspecified atom stereocenters. The maximum Gasteiger partial charge on any atom is 0.247 e. The fourth-order valence-electron chi connectivity index (χ4n) is 4.35. The number of piperazine rings is 1. The molecule has 0 N–H and O–H groups in total. The topological polar surface area (TPSA) is 30.0 Å². The molecule has 5 nitrogen and oxygen atoms in total. The molecule has 0 bridgehead atoms. The molecule has 0 aromatic heterocycles. The Kier molecular flexibility index (Phi) is 5.76. The molecule has 0 radical (unpaired) electrons. The number of hydrazine groups is 1. The Balaban J connectivity index is 1.40. The molecule has 1 amide bonds. The molecule has 2 fully saturated rings. The molecular formula is C22H26ClFN4O. The average Bonchev–Trinajstić information content (AvgIpc) is 3.04. The number of hydrogen-bond acceptors (Lipinski definition) is 4. The van der Waals surface area contributed by atoms with Crippen molar-refractivity contribution >= 4 is 28.9 Å². The highest BCUT2D eigenvalue weighted by Gasteiger charge is 2.42. The molecule has 0 aliphatic carbocycles. The zero-order valence-corrected chi connectivity index (χ0v) is 17.5. The molecule has 2 aliphatic heterocycles. The van der Waals surface area contributed by atoms with Crippen LogP contribution in [0.2, 0.25) is 5.02 Å². The lowest BCUT2D eigenvalue weighted by Gasteiger charge is -2.40. The first-order valence-corrected chi connectivity index (χ1v) is 10.4. The molecule has 2 heterocycles. The second-order valence-corrected chi connectivity index (χ2v) is 8.20. The summed E-state index contributed by atoms with van der Waals surface area (Å²) in [7, 11) is 1.97. The minimum Gasteiger partial charge on any atom is -0.369 e. The maximum absolute atomic E-state index is 13.4. The van der Waals surface area contributed by atoms with Crippen molar-refractivity contribution in [3.63, 3.8) is 0 Å². The molecule has 2 aromatic rings. The Morgan fingerprint density at radius 3 is 2.38 bits per heavy atom. The van der Waals surface area contributed by atoms with Gasteiger partial charge in [0.05, 0.1) is 16.6 Å². The van der Waals surface area contributed by atoms with Crippen LogP contribution in [0.4, 0.5) is 15.8 Å². The van der Waals surface area contributed by atoms with Crippen LogP contribution in [0.3, 0.4) is 0 Å². The van der Waals surface area contributed by atoms with Gasteiger partial charge in [-0.15, -0.1) is 0 Å². The number of rotatable bonds is 4. The summed E-state index contributed by atoms with van der Waals surface area (Å²) in [4.78, 5) is 17.7. The standard InChI is InChI=1S/C22H26ClFN4O/c1-16(19-15-25(2)28(22(19)29)17-6-4-3-5-7-17)26-10-12-27(13-11-26)18-8-9-21(24)20(23)14-18/h3-9,14,16,19H,10-13,15H2,1-2H3. The van der Waals surface area contributed by atoms with Gasteiger partial charge in [-0.3, -0.25) is 9.69 Å². The first-order valence-electron chi connectivity index (χ1n) is 10.00. The molecule has 7 heteroatoms. The van der Waals surface area contributed by atoms with Gasteiger partial charge in [0.15, 0.2) is 0 Å². The zero-order valence-electron chi connectivity index (χ0n) is 16.8. The van der Waals surface area contributed by atoms with Crippen LogP contribution in [0.15, 0.2) is 48.5 Å². The van der Waals surface area contributed by atoms with E-state index in [0.717, 1.165) is 37.6 Å². The van der Waals surface area contributed by atoms with Gasteiger partial charge in [0.2, 0.25) is 5.91 Å². The van der Waals surface area contributed by atoms with Crippen molar-refractivity contribution in [3.8, 4) is 0 Å². The van der Waals surface area contributed by atoms with Crippen molar-refractivity contribution in [3.05, 3.63) is 59.4 Å². The Morgan fingerprint density at radius 1 is 1.03 bits per heavy atom. The fourth-order valence-corrected chi connectivity index (χ4v) is 4.52. The Morgan fingerprint density at radius 2 is 1.72 bits per heavy atom. The molecular weight excluding hydrogens is 391 g/mol. The Hall–Kier alpha value is -2.15. The number of amides is 1. The molecule has 2 aromatic carbocycles. The van der Waals surface area contributed by atoms with Crippen LogP contribution in [0, 0.1) is 11.7 Å². The molecule has 0 saturated carbocycles. The van der Waals surface area contributed by atoms with E-state index in [2.05, 4.69) is 16.7 Å². The number of hydrogen-bond donors (Lipinski definition) is 0. The third-order valence-electron chi connectivity index (χ3n) is 6.07. The first kappa shape index (κ1) is 20.1. The van der Waals surface area contributed by atoms with Gasteiger partial charge in [-0.25, -0.2) is 14.4 Å². The van der Waals surface area contributed by atoms with Gasteiger partial charge in [0.25, 0.3) is 0 Å². The molecule has 2 atom stereocenters. The molecule has 2 aliphatic rings. The SMILES string of the molecule is CC(C1CN(C)N(c2ccccc2)C1=O)N1CCN(c2ccc(F)c(Cl)c2)CC1. The van der Waals surface area contributed by atoms with Crippen LogP contribution in [0.5, 0.6) is 0 Å². The molecule has 29 heavy (non-hydrogen) atoms. The predicted molar refractivity (Wildman–Crippen MR) is 115 cm³/mol. The van der Waals surface area contributed by atoms with E-state index in [1.165, 1.54) is 6.07 Å². The normalized spacial score (nSPS) is 22.3. The third-order valence-corrected chi connectivity index (χ3v) is 6.36. The van der Waals surface area contributed by atoms with Crippen molar-refractivity contribution in [1.29, 1.82) is 0 Å². The summed E-state index contributed by atoms with van der Waals surface area (Å²) in [5.74, 6) is -0.305. The first-order chi connectivity index (χ1) is 14.0. The van der Waals surface area contributed by atoms with Crippen molar-refractivity contribution in [2.45, 2.75) is 13.0 Å². The lowest BCUT2D eigenvalue weighted by molar-refractivity contribution is -0.122. The van der Waals surface area contributed by atoms with E-state index < -0.39 is 5.82 Å². The smallest absolute Gasteiger partial charge is 0.247 e. The van der Waals surface area contributed by atoms with E-state index in [1.54, 1.807) is 17.1 Å². The monoisotopic (exact) mass is 416 g/mol. The summed E-state index contributed by atoms with van der Waals surface area (Å²) in [5.41, 5.74) is 1.85. The van der Waals surface area contributed by atoms with Crippen LogP contribution in [-0.2, 0) is 4.79 Å². The minimum absolute atomic E-state index is 0.0629. The summed E-state index contributed by atoms with van der Waals surface area (Å²) in [6, 6.07) is 14.8. The zero-order chi connectivity index (χ0) is 20.5. The number of nitrogens with zero attached hydrogens (tertiary/aromatic N) is 4. The van der Waals surface area contributed by atoms with Crippen LogP contribution >= 0.6 is 11.6 Å². The van der Waals surface area contributed by atoms with E-state index >= 15 is 0 Å². The second-order valence-electron chi connectivity index (χ2n) is 7.79. The quantitative estimate of drug-likeness (QED) is 0.763. The van der Waals surface area contributed by atoms with Crippen LogP contribution in [-0.4, -0.2) is 61.6 Å². The van der Waals surface area contributed by atoms with Crippen molar-refractivity contribution < 1.29 is 9.18 Å². The number of halogens is 2. The summed E-state index contributed by atoms with van der Waals surface area (Å²) < 4.78 is 13.4. The van der Waals surface area contributed by atoms with Crippen molar-refractivity contribution in [2.75, 3.05) is 49.7 Å². The van der Waals surface area contributed by atoms with E-state index in [1.807, 2.05) is 42.4 Å². The third kappa shape index (κ3) is 3.97. The lowest BCUT2D eigenvalue weighted by Crippen LogP contribution is -2.52. The van der Waals surface area contributed by atoms with Gasteiger partial charge >= 0.3 is 0 Å². The lowest BCUT2D eigenvalue weighted by atomic mass is 9.99. The summed E-state index contributed by atoms with van der Waals surface area (Å²) >= 11 is 5.93. The summed E-state index contributed by atoms with van der Waals surface area (Å²) in [6.45, 7) is 6.22. The summed E-state index contributed by atoms with van der Waals surface area (Å²) in [6.07, 6.45) is 0. The fraction of sp³-hybridized carbons (Fsp3) is 0.409. The molecule has 4 rings (SSSR count). The van der Waals surface area contributed by atoms with E-state index in [9.17, 15) is 9.18 Å². The van der Waals surface area contributed by atoms with Crippen LogP contribution < -0.4 is 9.91 Å². The number of benzene rings is 2. The van der Waals surface area contributed by atoms with E-state index in [-0.39, 0.29) is 22.9 Å². The van der Waals surface area contributed by atoms with Gasteiger partial charge in [0, 0.05) is 51.5 Å². The average molecular weight is 417 g/mol.